The maximum atomic E-state index is 10.9. The van der Waals surface area contributed by atoms with Crippen molar-refractivity contribution in [2.24, 2.45) is 0 Å². The molecule has 3 aromatic rings. The molecule has 26 heavy (non-hydrogen) atoms. The number of H-pyrrole nitrogens is 1. The van der Waals surface area contributed by atoms with Crippen molar-refractivity contribution in [1.82, 2.24) is 14.8 Å². The molecule has 0 saturated carbocycles. The standard InChI is InChI=1S/C22H27N3O/c1-17-22(19-9-5-6-10-20(19)23-17)21(26)16-25-13-11-24(12-14-25)15-18-7-3-2-4-8-18/h2-10,21,23,26H,11-16H2,1H3/t21-/m1/s1. The molecule has 1 aliphatic rings. The number of aromatic amines is 1. The van der Waals surface area contributed by atoms with Crippen molar-refractivity contribution >= 4 is 10.9 Å². The largest absolute Gasteiger partial charge is 0.387 e. The van der Waals surface area contributed by atoms with Gasteiger partial charge in [-0.1, -0.05) is 48.5 Å². The summed E-state index contributed by atoms with van der Waals surface area (Å²) < 4.78 is 0. The zero-order valence-electron chi connectivity index (χ0n) is 15.4. The van der Waals surface area contributed by atoms with Gasteiger partial charge in [0.2, 0.25) is 0 Å². The Kier molecular flexibility index (Phi) is 5.07. The van der Waals surface area contributed by atoms with Crippen LogP contribution in [0.15, 0.2) is 54.6 Å². The lowest BCUT2D eigenvalue weighted by atomic mass is 10.0. The molecule has 0 spiro atoms. The highest BCUT2D eigenvalue weighted by molar-refractivity contribution is 5.84. The minimum atomic E-state index is -0.452. The Bertz CT molecular complexity index is 850. The van der Waals surface area contributed by atoms with E-state index in [9.17, 15) is 5.11 Å². The van der Waals surface area contributed by atoms with Gasteiger partial charge in [0.15, 0.2) is 0 Å². The second-order valence-corrected chi connectivity index (χ2v) is 7.29. The molecule has 4 nitrogen and oxygen atoms in total. The quantitative estimate of drug-likeness (QED) is 0.742. The maximum Gasteiger partial charge on any atom is 0.0940 e. The molecule has 1 fully saturated rings. The number of nitrogens with one attached hydrogen (secondary N) is 1. The van der Waals surface area contributed by atoms with Crippen LogP contribution in [0.1, 0.15) is 22.9 Å². The zero-order valence-corrected chi connectivity index (χ0v) is 15.4. The molecule has 2 heterocycles. The number of para-hydroxylation sites is 1. The molecule has 1 atom stereocenters. The van der Waals surface area contributed by atoms with Crippen LogP contribution in [0.5, 0.6) is 0 Å². The van der Waals surface area contributed by atoms with Gasteiger partial charge in [-0.3, -0.25) is 9.80 Å². The number of aryl methyl sites for hydroxylation is 1. The van der Waals surface area contributed by atoms with Crippen molar-refractivity contribution in [3.8, 4) is 0 Å². The first-order valence-electron chi connectivity index (χ1n) is 9.44. The van der Waals surface area contributed by atoms with Gasteiger partial charge < -0.3 is 10.1 Å². The molecule has 1 aromatic heterocycles. The summed E-state index contributed by atoms with van der Waals surface area (Å²) in [5.41, 5.74) is 4.59. The fraction of sp³-hybridized carbons (Fsp3) is 0.364. The number of benzene rings is 2. The van der Waals surface area contributed by atoms with Gasteiger partial charge in [-0.25, -0.2) is 0 Å². The van der Waals surface area contributed by atoms with E-state index in [4.69, 9.17) is 0 Å². The molecule has 4 rings (SSSR count). The van der Waals surface area contributed by atoms with E-state index in [2.05, 4.69) is 64.2 Å². The summed E-state index contributed by atoms with van der Waals surface area (Å²) in [6.45, 7) is 7.87. The van der Waals surface area contributed by atoms with E-state index in [0.717, 1.165) is 54.9 Å². The average Bonchev–Trinajstić information content (AvgIpc) is 3.00. The monoisotopic (exact) mass is 349 g/mol. The zero-order chi connectivity index (χ0) is 17.9. The number of β-amino-alcohol motifs (C(OH)–C–C–N with tert-alkyl or cyclic N) is 1. The SMILES string of the molecule is Cc1[nH]c2ccccc2c1[C@H](O)CN1CCN(Cc2ccccc2)CC1. The van der Waals surface area contributed by atoms with E-state index in [0.29, 0.717) is 6.54 Å². The fourth-order valence-electron chi connectivity index (χ4n) is 4.04. The topological polar surface area (TPSA) is 42.5 Å². The van der Waals surface area contributed by atoms with Crippen molar-refractivity contribution in [2.45, 2.75) is 19.6 Å². The van der Waals surface area contributed by atoms with Crippen LogP contribution in [-0.2, 0) is 6.54 Å². The number of hydrogen-bond donors (Lipinski definition) is 2. The molecule has 2 aromatic carbocycles. The van der Waals surface area contributed by atoms with Crippen LogP contribution in [0.2, 0.25) is 0 Å². The van der Waals surface area contributed by atoms with Crippen LogP contribution < -0.4 is 0 Å². The molecule has 4 heteroatoms. The third-order valence-corrected chi connectivity index (χ3v) is 5.42. The molecule has 0 radical (unpaired) electrons. The summed E-state index contributed by atoms with van der Waals surface area (Å²) in [6.07, 6.45) is -0.452. The first-order chi connectivity index (χ1) is 12.7. The van der Waals surface area contributed by atoms with Crippen LogP contribution in [0, 0.1) is 6.92 Å². The van der Waals surface area contributed by atoms with Crippen LogP contribution in [0.25, 0.3) is 10.9 Å². The van der Waals surface area contributed by atoms with E-state index in [1.54, 1.807) is 0 Å². The fourth-order valence-corrected chi connectivity index (χ4v) is 4.04. The predicted molar refractivity (Wildman–Crippen MR) is 106 cm³/mol. The highest BCUT2D eigenvalue weighted by Crippen LogP contribution is 2.28. The predicted octanol–water partition coefficient (Wildman–Crippen LogP) is 3.33. The van der Waals surface area contributed by atoms with E-state index in [-0.39, 0.29) is 0 Å². The number of hydrogen-bond acceptors (Lipinski definition) is 3. The van der Waals surface area contributed by atoms with Crippen molar-refractivity contribution < 1.29 is 5.11 Å². The summed E-state index contributed by atoms with van der Waals surface area (Å²) in [6, 6.07) is 18.9. The summed E-state index contributed by atoms with van der Waals surface area (Å²) in [5, 5.41) is 12.0. The summed E-state index contributed by atoms with van der Waals surface area (Å²) >= 11 is 0. The van der Waals surface area contributed by atoms with Gasteiger partial charge in [-0.2, -0.15) is 0 Å². The number of piperazine rings is 1. The van der Waals surface area contributed by atoms with Gasteiger partial charge in [-0.15, -0.1) is 0 Å². The number of aromatic nitrogens is 1. The van der Waals surface area contributed by atoms with Crippen LogP contribution in [0.4, 0.5) is 0 Å². The van der Waals surface area contributed by atoms with Gasteiger partial charge >= 0.3 is 0 Å². The third-order valence-electron chi connectivity index (χ3n) is 5.42. The Balaban J connectivity index is 1.36. The van der Waals surface area contributed by atoms with Crippen molar-refractivity contribution in [3.05, 3.63) is 71.4 Å². The molecule has 1 saturated heterocycles. The third kappa shape index (κ3) is 3.68. The molecular weight excluding hydrogens is 322 g/mol. The smallest absolute Gasteiger partial charge is 0.0940 e. The summed E-state index contributed by atoms with van der Waals surface area (Å²) in [5.74, 6) is 0. The van der Waals surface area contributed by atoms with Crippen molar-refractivity contribution in [2.75, 3.05) is 32.7 Å². The minimum Gasteiger partial charge on any atom is -0.387 e. The maximum absolute atomic E-state index is 10.9. The number of nitrogens with zero attached hydrogens (tertiary/aromatic N) is 2. The normalized spacial score (nSPS) is 17.6. The lowest BCUT2D eigenvalue weighted by Gasteiger charge is -2.35. The molecule has 0 unspecified atom stereocenters. The Morgan fingerprint density at radius 1 is 0.923 bits per heavy atom. The Morgan fingerprint density at radius 2 is 1.58 bits per heavy atom. The Hall–Kier alpha value is -2.14. The van der Waals surface area contributed by atoms with Crippen molar-refractivity contribution in [1.29, 1.82) is 0 Å². The highest BCUT2D eigenvalue weighted by Gasteiger charge is 2.22. The van der Waals surface area contributed by atoms with Crippen molar-refractivity contribution in [3.63, 3.8) is 0 Å². The average molecular weight is 349 g/mol. The lowest BCUT2D eigenvalue weighted by Crippen LogP contribution is -2.47. The Morgan fingerprint density at radius 3 is 2.35 bits per heavy atom. The first-order valence-corrected chi connectivity index (χ1v) is 9.44. The molecule has 136 valence electrons. The van der Waals surface area contributed by atoms with Gasteiger partial charge in [0.05, 0.1) is 6.10 Å². The molecule has 0 amide bonds. The van der Waals surface area contributed by atoms with Gasteiger partial charge in [0.25, 0.3) is 0 Å². The molecule has 0 bridgehead atoms. The van der Waals surface area contributed by atoms with E-state index in [1.807, 2.05) is 12.1 Å². The highest BCUT2D eigenvalue weighted by atomic mass is 16.3. The molecule has 1 aliphatic heterocycles. The first kappa shape index (κ1) is 17.3. The van der Waals surface area contributed by atoms with Crippen LogP contribution in [-0.4, -0.2) is 52.6 Å². The van der Waals surface area contributed by atoms with Gasteiger partial charge in [0.1, 0.15) is 0 Å². The van der Waals surface area contributed by atoms with E-state index in [1.165, 1.54) is 5.56 Å². The molecular formula is C22H27N3O. The number of rotatable bonds is 5. The summed E-state index contributed by atoms with van der Waals surface area (Å²) in [7, 11) is 0. The van der Waals surface area contributed by atoms with E-state index >= 15 is 0 Å². The minimum absolute atomic E-state index is 0.452. The Labute approximate surface area is 155 Å². The summed E-state index contributed by atoms with van der Waals surface area (Å²) in [4.78, 5) is 8.27. The lowest BCUT2D eigenvalue weighted by molar-refractivity contribution is 0.0704. The van der Waals surface area contributed by atoms with Crippen LogP contribution >= 0.6 is 0 Å². The second kappa shape index (κ2) is 7.62. The van der Waals surface area contributed by atoms with E-state index < -0.39 is 6.10 Å². The second-order valence-electron chi connectivity index (χ2n) is 7.29. The molecule has 0 aliphatic carbocycles. The van der Waals surface area contributed by atoms with Crippen LogP contribution in [0.3, 0.4) is 0 Å². The van der Waals surface area contributed by atoms with Gasteiger partial charge in [-0.05, 0) is 18.6 Å². The van der Waals surface area contributed by atoms with Gasteiger partial charge in [0, 0.05) is 61.4 Å². The number of fused-ring (bicyclic) bond motifs is 1. The number of aliphatic hydroxyl groups is 1. The number of aliphatic hydroxyl groups excluding tert-OH is 1. The molecule has 2 N–H and O–H groups in total.